The molecule has 0 saturated carbocycles. The van der Waals surface area contributed by atoms with Crippen molar-refractivity contribution in [2.24, 2.45) is 0 Å². The van der Waals surface area contributed by atoms with Gasteiger partial charge in [-0.25, -0.2) is 0 Å². The third kappa shape index (κ3) is 20.9. The van der Waals surface area contributed by atoms with Gasteiger partial charge in [-0.3, -0.25) is 4.79 Å². The molecule has 0 heterocycles. The Bertz CT molecular complexity index is 301. The zero-order chi connectivity index (χ0) is 18.4. The van der Waals surface area contributed by atoms with Gasteiger partial charge >= 0.3 is 0 Å². The van der Waals surface area contributed by atoms with Gasteiger partial charge in [0.15, 0.2) is 0 Å². The number of carbonyl (C=O) groups excluding carboxylic acids is 2. The molecule has 0 unspecified atom stereocenters. The zero-order valence-corrected chi connectivity index (χ0v) is 15.6. The fourth-order valence-electron chi connectivity index (χ4n) is 1.96. The highest BCUT2D eigenvalue weighted by molar-refractivity contribution is 5.75. The number of aldehydes is 1. The standard InChI is InChI=1S/C18H35NO6/c1-2-3-4-5-7-18(21)19-8-11-23-13-15-25-17-16-24-14-12-22-10-6-9-20/h9H,2-8,10-17H2,1H3,(H,19,21). The normalized spacial score (nSPS) is 10.8. The molecule has 0 aromatic rings. The van der Waals surface area contributed by atoms with Gasteiger partial charge in [-0.1, -0.05) is 26.2 Å². The van der Waals surface area contributed by atoms with Crippen molar-refractivity contribution in [2.45, 2.75) is 45.4 Å². The van der Waals surface area contributed by atoms with Crippen LogP contribution in [0.4, 0.5) is 0 Å². The summed E-state index contributed by atoms with van der Waals surface area (Å²) in [6.45, 7) is 6.64. The lowest BCUT2D eigenvalue weighted by Crippen LogP contribution is -2.27. The van der Waals surface area contributed by atoms with Crippen LogP contribution in [0.25, 0.3) is 0 Å². The largest absolute Gasteiger partial charge is 0.379 e. The van der Waals surface area contributed by atoms with E-state index in [0.717, 1.165) is 19.1 Å². The van der Waals surface area contributed by atoms with E-state index in [4.69, 9.17) is 18.9 Å². The second-order valence-corrected chi connectivity index (χ2v) is 5.57. The van der Waals surface area contributed by atoms with E-state index in [1.165, 1.54) is 12.8 Å². The molecule has 0 aliphatic carbocycles. The molecule has 0 saturated heterocycles. The molecule has 0 rings (SSSR count). The molecule has 0 aliphatic rings. The summed E-state index contributed by atoms with van der Waals surface area (Å²) in [5.74, 6) is 0.100. The summed E-state index contributed by atoms with van der Waals surface area (Å²) >= 11 is 0. The van der Waals surface area contributed by atoms with Gasteiger partial charge in [0.2, 0.25) is 5.91 Å². The minimum Gasteiger partial charge on any atom is -0.379 e. The van der Waals surface area contributed by atoms with E-state index in [1.54, 1.807) is 0 Å². The number of rotatable bonds is 20. The van der Waals surface area contributed by atoms with Gasteiger partial charge in [-0.05, 0) is 6.42 Å². The molecule has 0 aromatic heterocycles. The van der Waals surface area contributed by atoms with E-state index in [9.17, 15) is 9.59 Å². The van der Waals surface area contributed by atoms with Crippen molar-refractivity contribution in [2.75, 3.05) is 59.4 Å². The second kappa shape index (κ2) is 21.0. The van der Waals surface area contributed by atoms with E-state index < -0.39 is 0 Å². The van der Waals surface area contributed by atoms with Gasteiger partial charge in [-0.2, -0.15) is 0 Å². The Morgan fingerprint density at radius 3 is 1.92 bits per heavy atom. The Hall–Kier alpha value is -1.02. The molecular formula is C18H35NO6. The fraction of sp³-hybridized carbons (Fsp3) is 0.889. The van der Waals surface area contributed by atoms with Gasteiger partial charge in [-0.15, -0.1) is 0 Å². The van der Waals surface area contributed by atoms with Crippen LogP contribution in [0.15, 0.2) is 0 Å². The molecular weight excluding hydrogens is 326 g/mol. The first-order chi connectivity index (χ1) is 12.3. The molecule has 1 N–H and O–H groups in total. The highest BCUT2D eigenvalue weighted by atomic mass is 16.6. The maximum atomic E-state index is 11.5. The smallest absolute Gasteiger partial charge is 0.220 e. The van der Waals surface area contributed by atoms with Crippen LogP contribution in [-0.4, -0.2) is 71.6 Å². The van der Waals surface area contributed by atoms with Gasteiger partial charge in [0.05, 0.1) is 52.9 Å². The number of carbonyl (C=O) groups is 2. The fourth-order valence-corrected chi connectivity index (χ4v) is 1.96. The lowest BCUT2D eigenvalue weighted by Gasteiger charge is -2.08. The monoisotopic (exact) mass is 361 g/mol. The third-order valence-electron chi connectivity index (χ3n) is 3.32. The number of unbranched alkanes of at least 4 members (excludes halogenated alkanes) is 3. The summed E-state index contributed by atoms with van der Waals surface area (Å²) in [5.41, 5.74) is 0. The van der Waals surface area contributed by atoms with Crippen LogP contribution in [0.3, 0.4) is 0 Å². The van der Waals surface area contributed by atoms with E-state index >= 15 is 0 Å². The molecule has 0 aromatic carbocycles. The second-order valence-electron chi connectivity index (χ2n) is 5.57. The third-order valence-corrected chi connectivity index (χ3v) is 3.32. The molecule has 0 fully saturated rings. The Labute approximate surface area is 151 Å². The number of hydrogen-bond donors (Lipinski definition) is 1. The highest BCUT2D eigenvalue weighted by Crippen LogP contribution is 2.01. The Morgan fingerprint density at radius 1 is 0.800 bits per heavy atom. The van der Waals surface area contributed by atoms with Crippen molar-refractivity contribution in [3.8, 4) is 0 Å². The van der Waals surface area contributed by atoms with Crippen molar-refractivity contribution < 1.29 is 28.5 Å². The van der Waals surface area contributed by atoms with E-state index in [1.807, 2.05) is 0 Å². The van der Waals surface area contributed by atoms with E-state index in [0.29, 0.717) is 72.2 Å². The molecule has 0 aliphatic heterocycles. The molecule has 0 atom stereocenters. The van der Waals surface area contributed by atoms with E-state index in [-0.39, 0.29) is 5.91 Å². The summed E-state index contributed by atoms with van der Waals surface area (Å²) in [7, 11) is 0. The predicted octanol–water partition coefficient (Wildman–Crippen LogP) is 1.73. The zero-order valence-electron chi connectivity index (χ0n) is 15.6. The lowest BCUT2D eigenvalue weighted by molar-refractivity contribution is -0.121. The Kier molecular flexibility index (Phi) is 20.2. The maximum absolute atomic E-state index is 11.5. The minimum atomic E-state index is 0.100. The van der Waals surface area contributed by atoms with Crippen molar-refractivity contribution in [1.29, 1.82) is 0 Å². The van der Waals surface area contributed by atoms with Crippen LogP contribution in [0.5, 0.6) is 0 Å². The quantitative estimate of drug-likeness (QED) is 0.263. The molecule has 148 valence electrons. The van der Waals surface area contributed by atoms with Gasteiger partial charge in [0.1, 0.15) is 6.29 Å². The summed E-state index contributed by atoms with van der Waals surface area (Å²) in [5, 5.41) is 2.85. The number of ether oxygens (including phenoxy) is 4. The van der Waals surface area contributed by atoms with Crippen LogP contribution >= 0.6 is 0 Å². The maximum Gasteiger partial charge on any atom is 0.220 e. The van der Waals surface area contributed by atoms with Gasteiger partial charge < -0.3 is 29.1 Å². The Balaban J connectivity index is 3.09. The molecule has 25 heavy (non-hydrogen) atoms. The molecule has 7 nitrogen and oxygen atoms in total. The molecule has 1 amide bonds. The number of nitrogens with one attached hydrogen (secondary N) is 1. The van der Waals surface area contributed by atoms with Crippen molar-refractivity contribution in [1.82, 2.24) is 5.32 Å². The van der Waals surface area contributed by atoms with Crippen molar-refractivity contribution in [3.05, 3.63) is 0 Å². The highest BCUT2D eigenvalue weighted by Gasteiger charge is 2.00. The summed E-state index contributed by atoms with van der Waals surface area (Å²) in [4.78, 5) is 21.6. The van der Waals surface area contributed by atoms with Crippen LogP contribution < -0.4 is 5.32 Å². The molecule has 0 bridgehead atoms. The Morgan fingerprint density at radius 2 is 1.36 bits per heavy atom. The van der Waals surface area contributed by atoms with E-state index in [2.05, 4.69) is 12.2 Å². The topological polar surface area (TPSA) is 83.1 Å². The SMILES string of the molecule is CCCCCCC(=O)NCCOCCOCCOCCOCCC=O. The van der Waals surface area contributed by atoms with Crippen LogP contribution in [-0.2, 0) is 28.5 Å². The first-order valence-corrected chi connectivity index (χ1v) is 9.32. The lowest BCUT2D eigenvalue weighted by atomic mass is 10.1. The first kappa shape index (κ1) is 24.0. The summed E-state index contributed by atoms with van der Waals surface area (Å²) in [6, 6.07) is 0. The number of hydrogen-bond acceptors (Lipinski definition) is 6. The predicted molar refractivity (Wildman–Crippen MR) is 95.7 cm³/mol. The molecule has 0 spiro atoms. The van der Waals surface area contributed by atoms with Crippen molar-refractivity contribution >= 4 is 12.2 Å². The molecule has 0 radical (unpaired) electrons. The minimum absolute atomic E-state index is 0.100. The van der Waals surface area contributed by atoms with Crippen LogP contribution in [0, 0.1) is 0 Å². The van der Waals surface area contributed by atoms with Gasteiger partial charge in [0, 0.05) is 19.4 Å². The van der Waals surface area contributed by atoms with Gasteiger partial charge in [0.25, 0.3) is 0 Å². The van der Waals surface area contributed by atoms with Crippen molar-refractivity contribution in [3.63, 3.8) is 0 Å². The number of amides is 1. The first-order valence-electron chi connectivity index (χ1n) is 9.32. The van der Waals surface area contributed by atoms with Crippen LogP contribution in [0.2, 0.25) is 0 Å². The average molecular weight is 361 g/mol. The average Bonchev–Trinajstić information content (AvgIpc) is 2.62. The summed E-state index contributed by atoms with van der Waals surface area (Å²) < 4.78 is 21.2. The molecule has 7 heteroatoms. The summed E-state index contributed by atoms with van der Waals surface area (Å²) in [6.07, 6.45) is 6.31. The van der Waals surface area contributed by atoms with Crippen LogP contribution in [0.1, 0.15) is 45.4 Å².